The highest BCUT2D eigenvalue weighted by atomic mass is 32.2. The van der Waals surface area contributed by atoms with Crippen LogP contribution in [0, 0.1) is 0 Å². The second-order valence-electron chi connectivity index (χ2n) is 6.43. The van der Waals surface area contributed by atoms with E-state index in [-0.39, 0.29) is 11.0 Å². The maximum absolute atomic E-state index is 12.5. The summed E-state index contributed by atoms with van der Waals surface area (Å²) < 4.78 is 6.55. The Hall–Kier alpha value is -3.16. The first-order valence-corrected chi connectivity index (χ1v) is 11.1. The molecule has 0 bridgehead atoms. The van der Waals surface area contributed by atoms with Crippen molar-refractivity contribution >= 4 is 39.7 Å². The first-order chi connectivity index (χ1) is 14.7. The highest BCUT2D eigenvalue weighted by Gasteiger charge is 2.18. The molecule has 150 valence electrons. The molecule has 1 atom stereocenters. The zero-order chi connectivity index (χ0) is 20.8. The van der Waals surface area contributed by atoms with Gasteiger partial charge in [0.1, 0.15) is 11.5 Å². The van der Waals surface area contributed by atoms with E-state index in [1.165, 1.54) is 23.1 Å². The van der Waals surface area contributed by atoms with Crippen LogP contribution < -0.4 is 10.1 Å². The van der Waals surface area contributed by atoms with Crippen molar-refractivity contribution in [2.24, 2.45) is 0 Å². The third kappa shape index (κ3) is 5.25. The zero-order valence-electron chi connectivity index (χ0n) is 16.2. The predicted octanol–water partition coefficient (Wildman–Crippen LogP) is 6.44. The Labute approximate surface area is 183 Å². The number of nitrogens with zero attached hydrogens (tertiary/aromatic N) is 2. The van der Waals surface area contributed by atoms with Crippen molar-refractivity contribution in [1.82, 2.24) is 10.2 Å². The summed E-state index contributed by atoms with van der Waals surface area (Å²) in [6, 6.07) is 26.6. The molecule has 0 fully saturated rings. The van der Waals surface area contributed by atoms with E-state index in [9.17, 15) is 4.79 Å². The van der Waals surface area contributed by atoms with E-state index in [0.29, 0.717) is 10.7 Å². The molecule has 0 aliphatic rings. The van der Waals surface area contributed by atoms with E-state index in [2.05, 4.69) is 15.5 Å². The lowest BCUT2D eigenvalue weighted by Gasteiger charge is -2.07. The molecule has 0 saturated carbocycles. The Kier molecular flexibility index (Phi) is 6.41. The molecule has 0 aliphatic heterocycles. The van der Waals surface area contributed by atoms with Crippen molar-refractivity contribution in [3.8, 4) is 11.5 Å². The Morgan fingerprint density at radius 3 is 2.23 bits per heavy atom. The van der Waals surface area contributed by atoms with Crippen molar-refractivity contribution in [2.45, 2.75) is 16.5 Å². The summed E-state index contributed by atoms with van der Waals surface area (Å²) in [4.78, 5) is 12.5. The molecule has 0 radical (unpaired) electrons. The first-order valence-electron chi connectivity index (χ1n) is 9.37. The Morgan fingerprint density at radius 1 is 0.900 bits per heavy atom. The Morgan fingerprint density at radius 2 is 1.53 bits per heavy atom. The number of ether oxygens (including phenoxy) is 1. The van der Waals surface area contributed by atoms with Gasteiger partial charge in [-0.25, -0.2) is 0 Å². The number of nitrogens with one attached hydrogen (secondary N) is 1. The van der Waals surface area contributed by atoms with E-state index in [0.717, 1.165) is 21.5 Å². The number of carbonyl (C=O) groups is 1. The fourth-order valence-electron chi connectivity index (χ4n) is 2.70. The average molecular weight is 434 g/mol. The molecule has 1 N–H and O–H groups in total. The van der Waals surface area contributed by atoms with Crippen LogP contribution in [0.5, 0.6) is 11.5 Å². The number of ketones is 1. The zero-order valence-corrected chi connectivity index (χ0v) is 17.8. The molecule has 4 aromatic rings. The molecular formula is C23H19N3O2S2. The Bertz CT molecular complexity index is 1100. The minimum absolute atomic E-state index is 0.0827. The molecule has 7 heteroatoms. The average Bonchev–Trinajstić information content (AvgIpc) is 3.22. The minimum atomic E-state index is -0.234. The van der Waals surface area contributed by atoms with E-state index >= 15 is 0 Å². The molecule has 1 unspecified atom stereocenters. The molecule has 30 heavy (non-hydrogen) atoms. The lowest BCUT2D eigenvalue weighted by molar-refractivity contribution is 0.0994. The third-order valence-corrected chi connectivity index (χ3v) is 6.22. The van der Waals surface area contributed by atoms with Gasteiger partial charge < -0.3 is 10.1 Å². The van der Waals surface area contributed by atoms with E-state index in [4.69, 9.17) is 4.74 Å². The molecular weight excluding hydrogens is 414 g/mol. The summed E-state index contributed by atoms with van der Waals surface area (Å²) in [7, 11) is 0. The molecule has 1 aromatic heterocycles. The van der Waals surface area contributed by atoms with Gasteiger partial charge in [-0.05, 0) is 43.3 Å². The fraction of sp³-hybridized carbons (Fsp3) is 0.0870. The van der Waals surface area contributed by atoms with Crippen LogP contribution in [0.3, 0.4) is 0 Å². The van der Waals surface area contributed by atoms with Gasteiger partial charge in [-0.15, -0.1) is 10.2 Å². The number of Topliss-reactive ketones (excluding diaryl/α,β-unsaturated/α-hetero) is 1. The van der Waals surface area contributed by atoms with Crippen molar-refractivity contribution in [1.29, 1.82) is 0 Å². The smallest absolute Gasteiger partial charge is 0.210 e. The van der Waals surface area contributed by atoms with Gasteiger partial charge in [0.25, 0.3) is 0 Å². The summed E-state index contributed by atoms with van der Waals surface area (Å²) >= 11 is 2.84. The van der Waals surface area contributed by atoms with Crippen LogP contribution in [0.4, 0.5) is 10.8 Å². The summed E-state index contributed by atoms with van der Waals surface area (Å²) in [5, 5.41) is 12.1. The van der Waals surface area contributed by atoms with Gasteiger partial charge in [0.2, 0.25) is 5.13 Å². The van der Waals surface area contributed by atoms with Gasteiger partial charge in [-0.1, -0.05) is 71.6 Å². The van der Waals surface area contributed by atoms with Crippen molar-refractivity contribution in [2.75, 3.05) is 5.32 Å². The highest BCUT2D eigenvalue weighted by Crippen LogP contribution is 2.32. The van der Waals surface area contributed by atoms with E-state index in [1.807, 2.05) is 91.9 Å². The van der Waals surface area contributed by atoms with Crippen molar-refractivity contribution in [3.05, 3.63) is 90.5 Å². The van der Waals surface area contributed by atoms with Crippen LogP contribution >= 0.6 is 23.1 Å². The number of hydrogen-bond acceptors (Lipinski definition) is 7. The number of rotatable bonds is 8. The van der Waals surface area contributed by atoms with E-state index in [1.54, 1.807) is 0 Å². The number of aromatic nitrogens is 2. The lowest BCUT2D eigenvalue weighted by Crippen LogP contribution is -2.13. The van der Waals surface area contributed by atoms with Gasteiger partial charge in [-0.3, -0.25) is 4.79 Å². The molecule has 0 spiro atoms. The van der Waals surface area contributed by atoms with Crippen molar-refractivity contribution < 1.29 is 9.53 Å². The van der Waals surface area contributed by atoms with Gasteiger partial charge in [-0.2, -0.15) is 0 Å². The maximum Gasteiger partial charge on any atom is 0.210 e. The third-order valence-electron chi connectivity index (χ3n) is 4.20. The standard InChI is InChI=1S/C23H19N3O2S2/c1-16(21(27)17-8-4-2-5-9-17)29-23-26-25-22(30-23)24-18-12-14-20(15-13-18)28-19-10-6-3-7-11-19/h2-16H,1H3,(H,24,25). The van der Waals surface area contributed by atoms with Crippen LogP contribution in [0.1, 0.15) is 17.3 Å². The molecule has 3 aromatic carbocycles. The predicted molar refractivity (Wildman–Crippen MR) is 122 cm³/mol. The van der Waals surface area contributed by atoms with E-state index < -0.39 is 0 Å². The summed E-state index contributed by atoms with van der Waals surface area (Å²) in [5.74, 6) is 1.64. The quantitative estimate of drug-likeness (QED) is 0.255. The van der Waals surface area contributed by atoms with Crippen LogP contribution in [-0.4, -0.2) is 21.2 Å². The molecule has 4 rings (SSSR count). The molecule has 0 aliphatic carbocycles. The number of para-hydroxylation sites is 1. The maximum atomic E-state index is 12.5. The Balaban J connectivity index is 1.34. The lowest BCUT2D eigenvalue weighted by atomic mass is 10.1. The summed E-state index contributed by atoms with van der Waals surface area (Å²) in [5.41, 5.74) is 1.59. The number of anilines is 2. The van der Waals surface area contributed by atoms with Crippen LogP contribution in [0.25, 0.3) is 0 Å². The molecule has 0 saturated heterocycles. The van der Waals surface area contributed by atoms with Gasteiger partial charge in [0, 0.05) is 11.3 Å². The summed E-state index contributed by atoms with van der Waals surface area (Å²) in [6.07, 6.45) is 0. The molecule has 0 amide bonds. The van der Waals surface area contributed by atoms with Crippen molar-refractivity contribution in [3.63, 3.8) is 0 Å². The fourth-order valence-corrected chi connectivity index (χ4v) is 4.70. The number of carbonyl (C=O) groups excluding carboxylic acids is 1. The second kappa shape index (κ2) is 9.56. The van der Waals surface area contributed by atoms with Crippen LogP contribution in [0.2, 0.25) is 0 Å². The van der Waals surface area contributed by atoms with Gasteiger partial charge in [0.15, 0.2) is 10.1 Å². The normalized spacial score (nSPS) is 11.6. The number of benzene rings is 3. The monoisotopic (exact) mass is 433 g/mol. The topological polar surface area (TPSA) is 64.1 Å². The van der Waals surface area contributed by atoms with Crippen LogP contribution in [-0.2, 0) is 0 Å². The highest BCUT2D eigenvalue weighted by molar-refractivity contribution is 8.02. The number of hydrogen-bond donors (Lipinski definition) is 1. The molecule has 1 heterocycles. The second-order valence-corrected chi connectivity index (χ2v) is 8.99. The minimum Gasteiger partial charge on any atom is -0.457 e. The van der Waals surface area contributed by atoms with Crippen LogP contribution in [0.15, 0.2) is 89.3 Å². The largest absolute Gasteiger partial charge is 0.457 e. The van der Waals surface area contributed by atoms with Gasteiger partial charge >= 0.3 is 0 Å². The first kappa shape index (κ1) is 20.1. The molecule has 5 nitrogen and oxygen atoms in total. The SMILES string of the molecule is CC(Sc1nnc(Nc2ccc(Oc3ccccc3)cc2)s1)C(=O)c1ccccc1. The summed E-state index contributed by atoms with van der Waals surface area (Å²) in [6.45, 7) is 1.89. The van der Waals surface area contributed by atoms with Gasteiger partial charge in [0.05, 0.1) is 5.25 Å². The number of thioether (sulfide) groups is 1.